The molecule has 1 aliphatic rings. The van der Waals surface area contributed by atoms with Crippen molar-refractivity contribution in [2.45, 2.75) is 25.8 Å². The average Bonchev–Trinajstić information content (AvgIpc) is 3.06. The van der Waals surface area contributed by atoms with Crippen LogP contribution in [-0.2, 0) is 7.05 Å². The topological polar surface area (TPSA) is 38.1 Å². The second-order valence-electron chi connectivity index (χ2n) is 5.45. The summed E-state index contributed by atoms with van der Waals surface area (Å²) < 4.78 is 1.67. The number of aryl methyl sites for hydroxylation is 2. The van der Waals surface area contributed by atoms with Gasteiger partial charge in [0.25, 0.3) is 5.91 Å². The fourth-order valence-corrected chi connectivity index (χ4v) is 2.91. The lowest BCUT2D eigenvalue weighted by molar-refractivity contribution is 0.0729. The Morgan fingerprint density at radius 2 is 2.20 bits per heavy atom. The number of likely N-dealkylation sites (tertiary alicyclic amines) is 1. The average molecular weight is 269 g/mol. The van der Waals surface area contributed by atoms with Crippen LogP contribution in [0.1, 0.15) is 40.5 Å². The molecule has 1 saturated heterocycles. The Hall–Kier alpha value is -2.10. The molecule has 1 fully saturated rings. The van der Waals surface area contributed by atoms with Crippen molar-refractivity contribution in [1.82, 2.24) is 14.7 Å². The van der Waals surface area contributed by atoms with Gasteiger partial charge in [0.05, 0.1) is 6.04 Å². The highest BCUT2D eigenvalue weighted by molar-refractivity contribution is 5.92. The second-order valence-corrected chi connectivity index (χ2v) is 5.45. The number of hydrogen-bond acceptors (Lipinski definition) is 2. The van der Waals surface area contributed by atoms with Crippen molar-refractivity contribution >= 4 is 5.91 Å². The summed E-state index contributed by atoms with van der Waals surface area (Å²) in [6, 6.07) is 10.4. The number of carbonyl (C=O) groups is 1. The van der Waals surface area contributed by atoms with Gasteiger partial charge in [-0.25, -0.2) is 0 Å². The van der Waals surface area contributed by atoms with Crippen LogP contribution in [0.2, 0.25) is 0 Å². The Bertz CT molecular complexity index is 632. The molecule has 3 rings (SSSR count). The number of aromatic nitrogens is 2. The summed E-state index contributed by atoms with van der Waals surface area (Å²) in [6.07, 6.45) is 3.89. The highest BCUT2D eigenvalue weighted by atomic mass is 16.2. The number of carbonyl (C=O) groups excluding carboxylic acids is 1. The number of hydrogen-bond donors (Lipinski definition) is 0. The summed E-state index contributed by atoms with van der Waals surface area (Å²) >= 11 is 0. The van der Waals surface area contributed by atoms with Gasteiger partial charge in [-0.1, -0.05) is 29.8 Å². The fourth-order valence-electron chi connectivity index (χ4n) is 2.91. The molecule has 4 nitrogen and oxygen atoms in total. The molecule has 0 radical (unpaired) electrons. The first-order chi connectivity index (χ1) is 9.65. The van der Waals surface area contributed by atoms with Crippen LogP contribution in [0.5, 0.6) is 0 Å². The Labute approximate surface area is 119 Å². The third kappa shape index (κ3) is 2.33. The molecule has 1 aromatic carbocycles. The van der Waals surface area contributed by atoms with Gasteiger partial charge < -0.3 is 4.90 Å². The first kappa shape index (κ1) is 12.9. The molecule has 4 heteroatoms. The monoisotopic (exact) mass is 269 g/mol. The van der Waals surface area contributed by atoms with Crippen molar-refractivity contribution in [2.75, 3.05) is 6.54 Å². The molecule has 1 aromatic heterocycles. The molecule has 0 aliphatic carbocycles. The SMILES string of the molecule is Cc1cccc(C2CCCN2C(=O)c2ccn(C)n2)c1. The van der Waals surface area contributed by atoms with E-state index in [1.807, 2.05) is 18.1 Å². The summed E-state index contributed by atoms with van der Waals surface area (Å²) in [5, 5.41) is 4.23. The van der Waals surface area contributed by atoms with Crippen molar-refractivity contribution in [2.24, 2.45) is 7.05 Å². The molecule has 104 valence electrons. The molecule has 0 N–H and O–H groups in total. The molecule has 0 saturated carbocycles. The molecule has 20 heavy (non-hydrogen) atoms. The van der Waals surface area contributed by atoms with Crippen LogP contribution in [0.3, 0.4) is 0 Å². The van der Waals surface area contributed by atoms with Gasteiger partial charge in [0.1, 0.15) is 5.69 Å². The van der Waals surface area contributed by atoms with E-state index in [1.54, 1.807) is 10.7 Å². The molecule has 0 bridgehead atoms. The van der Waals surface area contributed by atoms with E-state index in [1.165, 1.54) is 11.1 Å². The predicted molar refractivity (Wildman–Crippen MR) is 77.4 cm³/mol. The molecular formula is C16H19N3O. The van der Waals surface area contributed by atoms with E-state index >= 15 is 0 Å². The lowest BCUT2D eigenvalue weighted by atomic mass is 10.0. The molecule has 0 spiro atoms. The van der Waals surface area contributed by atoms with Gasteiger partial charge in [-0.2, -0.15) is 5.10 Å². The van der Waals surface area contributed by atoms with Crippen LogP contribution in [-0.4, -0.2) is 27.1 Å². The van der Waals surface area contributed by atoms with Crippen molar-refractivity contribution in [3.8, 4) is 0 Å². The molecule has 1 aliphatic heterocycles. The van der Waals surface area contributed by atoms with Crippen LogP contribution in [0.25, 0.3) is 0 Å². The maximum atomic E-state index is 12.6. The van der Waals surface area contributed by atoms with E-state index in [0.717, 1.165) is 19.4 Å². The zero-order valence-electron chi connectivity index (χ0n) is 11.9. The zero-order chi connectivity index (χ0) is 14.1. The maximum Gasteiger partial charge on any atom is 0.274 e. The van der Waals surface area contributed by atoms with E-state index in [0.29, 0.717) is 5.69 Å². The summed E-state index contributed by atoms with van der Waals surface area (Å²) in [5.74, 6) is 0.0367. The van der Waals surface area contributed by atoms with Gasteiger partial charge in [0, 0.05) is 19.8 Å². The number of benzene rings is 1. The summed E-state index contributed by atoms with van der Waals surface area (Å²) in [4.78, 5) is 14.5. The van der Waals surface area contributed by atoms with Crippen LogP contribution in [0, 0.1) is 6.92 Å². The van der Waals surface area contributed by atoms with Crippen molar-refractivity contribution < 1.29 is 4.79 Å². The normalized spacial score (nSPS) is 18.5. The number of amides is 1. The third-order valence-electron chi connectivity index (χ3n) is 3.87. The van der Waals surface area contributed by atoms with Crippen LogP contribution < -0.4 is 0 Å². The number of rotatable bonds is 2. The second kappa shape index (κ2) is 5.12. The Morgan fingerprint density at radius 3 is 2.90 bits per heavy atom. The summed E-state index contributed by atoms with van der Waals surface area (Å²) in [5.41, 5.74) is 3.00. The van der Waals surface area contributed by atoms with Gasteiger partial charge in [-0.05, 0) is 31.4 Å². The van der Waals surface area contributed by atoms with E-state index in [-0.39, 0.29) is 11.9 Å². The molecule has 1 unspecified atom stereocenters. The molecular weight excluding hydrogens is 250 g/mol. The van der Waals surface area contributed by atoms with E-state index in [9.17, 15) is 4.79 Å². The van der Waals surface area contributed by atoms with Crippen LogP contribution >= 0.6 is 0 Å². The zero-order valence-corrected chi connectivity index (χ0v) is 11.9. The number of nitrogens with zero attached hydrogens (tertiary/aromatic N) is 3. The molecule has 2 aromatic rings. The highest BCUT2D eigenvalue weighted by Gasteiger charge is 2.31. The maximum absolute atomic E-state index is 12.6. The fraction of sp³-hybridized carbons (Fsp3) is 0.375. The first-order valence-electron chi connectivity index (χ1n) is 7.02. The summed E-state index contributed by atoms with van der Waals surface area (Å²) in [7, 11) is 1.83. The quantitative estimate of drug-likeness (QED) is 0.840. The lowest BCUT2D eigenvalue weighted by Crippen LogP contribution is -2.31. The van der Waals surface area contributed by atoms with Crippen molar-refractivity contribution in [1.29, 1.82) is 0 Å². The largest absolute Gasteiger partial charge is 0.330 e. The van der Waals surface area contributed by atoms with Gasteiger partial charge in [0.2, 0.25) is 0 Å². The Balaban J connectivity index is 1.87. The summed E-state index contributed by atoms with van der Waals surface area (Å²) in [6.45, 7) is 2.90. The first-order valence-corrected chi connectivity index (χ1v) is 7.02. The van der Waals surface area contributed by atoms with Crippen molar-refractivity contribution in [3.63, 3.8) is 0 Å². The van der Waals surface area contributed by atoms with Crippen LogP contribution in [0.15, 0.2) is 36.5 Å². The predicted octanol–water partition coefficient (Wildman–Crippen LogP) is 2.71. The molecule has 2 heterocycles. The Kier molecular flexibility index (Phi) is 3.30. The standard InChI is InChI=1S/C16H19N3O/c1-12-5-3-6-13(11-12)15-7-4-9-19(15)16(20)14-8-10-18(2)17-14/h3,5-6,8,10-11,15H,4,7,9H2,1-2H3. The van der Waals surface area contributed by atoms with E-state index in [2.05, 4.69) is 36.3 Å². The van der Waals surface area contributed by atoms with Gasteiger partial charge in [-0.3, -0.25) is 9.48 Å². The molecule has 1 amide bonds. The Morgan fingerprint density at radius 1 is 1.35 bits per heavy atom. The van der Waals surface area contributed by atoms with Crippen LogP contribution in [0.4, 0.5) is 0 Å². The minimum Gasteiger partial charge on any atom is -0.330 e. The van der Waals surface area contributed by atoms with E-state index < -0.39 is 0 Å². The third-order valence-corrected chi connectivity index (χ3v) is 3.87. The smallest absolute Gasteiger partial charge is 0.274 e. The van der Waals surface area contributed by atoms with Gasteiger partial charge >= 0.3 is 0 Å². The van der Waals surface area contributed by atoms with Crippen molar-refractivity contribution in [3.05, 3.63) is 53.3 Å². The van der Waals surface area contributed by atoms with Gasteiger partial charge in [-0.15, -0.1) is 0 Å². The van der Waals surface area contributed by atoms with E-state index in [4.69, 9.17) is 0 Å². The minimum absolute atomic E-state index is 0.0367. The van der Waals surface area contributed by atoms with Gasteiger partial charge in [0.15, 0.2) is 0 Å². The highest BCUT2D eigenvalue weighted by Crippen LogP contribution is 2.33. The minimum atomic E-state index is 0.0367. The lowest BCUT2D eigenvalue weighted by Gasteiger charge is -2.24. The molecule has 1 atom stereocenters.